The van der Waals surface area contributed by atoms with Gasteiger partial charge in [-0.3, -0.25) is 4.79 Å². The summed E-state index contributed by atoms with van der Waals surface area (Å²) in [5.41, 5.74) is 0.306. The van der Waals surface area contributed by atoms with Gasteiger partial charge in [-0.25, -0.2) is 0 Å². The zero-order valence-electron chi connectivity index (χ0n) is 13.4. The van der Waals surface area contributed by atoms with Crippen molar-refractivity contribution < 1.29 is 14.3 Å². The van der Waals surface area contributed by atoms with Crippen LogP contribution in [-0.2, 0) is 4.79 Å². The number of fused-ring (bicyclic) bond motifs is 2. The lowest BCUT2D eigenvalue weighted by Crippen LogP contribution is -2.44. The normalized spacial score (nSPS) is 27.8. The molecular formula is C17H22Cl2N2O3. The largest absolute Gasteiger partial charge is 0.486 e. The third kappa shape index (κ3) is 2.93. The van der Waals surface area contributed by atoms with Gasteiger partial charge in [0.2, 0.25) is 5.91 Å². The molecule has 1 amide bonds. The minimum absolute atomic E-state index is 0. The van der Waals surface area contributed by atoms with E-state index in [0.717, 1.165) is 32.4 Å². The number of carbonyl (C=O) groups is 1. The number of hydrogen-bond donors (Lipinski definition) is 2. The number of ether oxygens (including phenoxy) is 2. The molecular weight excluding hydrogens is 351 g/mol. The zero-order valence-corrected chi connectivity index (χ0v) is 15.0. The lowest BCUT2D eigenvalue weighted by atomic mass is 9.67. The lowest BCUT2D eigenvalue weighted by Gasteiger charge is -2.37. The van der Waals surface area contributed by atoms with E-state index < -0.39 is 0 Å². The Bertz CT molecular complexity index is 641. The molecule has 0 radical (unpaired) electrons. The maximum atomic E-state index is 13.0. The highest BCUT2D eigenvalue weighted by molar-refractivity contribution is 6.34. The first-order chi connectivity index (χ1) is 11.2. The molecule has 7 heteroatoms. The van der Waals surface area contributed by atoms with Crippen molar-refractivity contribution in [3.05, 3.63) is 17.2 Å². The Morgan fingerprint density at radius 3 is 2.79 bits per heavy atom. The van der Waals surface area contributed by atoms with E-state index in [0.29, 0.717) is 41.3 Å². The van der Waals surface area contributed by atoms with Gasteiger partial charge in [-0.2, -0.15) is 0 Å². The van der Waals surface area contributed by atoms with Gasteiger partial charge in [-0.1, -0.05) is 24.4 Å². The first-order valence-corrected chi connectivity index (χ1v) is 8.68. The average molecular weight is 373 g/mol. The molecule has 0 spiro atoms. The quantitative estimate of drug-likeness (QED) is 0.836. The van der Waals surface area contributed by atoms with E-state index in [9.17, 15) is 4.79 Å². The minimum Gasteiger partial charge on any atom is -0.486 e. The van der Waals surface area contributed by atoms with E-state index in [4.69, 9.17) is 21.1 Å². The first-order valence-electron chi connectivity index (χ1n) is 8.30. The summed E-state index contributed by atoms with van der Waals surface area (Å²) in [7, 11) is 0. The summed E-state index contributed by atoms with van der Waals surface area (Å²) in [4.78, 5) is 13.0. The molecule has 2 heterocycles. The van der Waals surface area contributed by atoms with Crippen molar-refractivity contribution in [3.63, 3.8) is 0 Å². The highest BCUT2D eigenvalue weighted by Gasteiger charge is 2.49. The zero-order chi connectivity index (χ0) is 15.9. The van der Waals surface area contributed by atoms with Crippen LogP contribution in [0.4, 0.5) is 5.69 Å². The molecule has 1 saturated carbocycles. The Labute approximate surface area is 152 Å². The molecule has 2 atom stereocenters. The molecule has 2 N–H and O–H groups in total. The second-order valence-electron chi connectivity index (χ2n) is 6.66. The van der Waals surface area contributed by atoms with Crippen LogP contribution in [0.1, 0.15) is 25.7 Å². The van der Waals surface area contributed by atoms with Crippen LogP contribution in [0, 0.1) is 11.3 Å². The third-order valence-corrected chi connectivity index (χ3v) is 5.68. The SMILES string of the molecule is Cl.O=C(Nc1cc2c(cc1Cl)OCCO2)[C@@]12CCCC[C@H]1CNC2. The van der Waals surface area contributed by atoms with E-state index in [-0.39, 0.29) is 23.7 Å². The Morgan fingerprint density at radius 1 is 1.25 bits per heavy atom. The van der Waals surface area contributed by atoms with Crippen LogP contribution in [0.15, 0.2) is 12.1 Å². The molecule has 0 aromatic heterocycles. The first kappa shape index (κ1) is 17.6. The van der Waals surface area contributed by atoms with Crippen molar-refractivity contribution in [1.82, 2.24) is 5.32 Å². The molecule has 5 nitrogen and oxygen atoms in total. The lowest BCUT2D eigenvalue weighted by molar-refractivity contribution is -0.128. The fourth-order valence-electron chi connectivity index (χ4n) is 4.10. The molecule has 2 aliphatic heterocycles. The fourth-order valence-corrected chi connectivity index (χ4v) is 4.30. The van der Waals surface area contributed by atoms with Crippen molar-refractivity contribution in [2.24, 2.45) is 11.3 Å². The molecule has 2 fully saturated rings. The Morgan fingerprint density at radius 2 is 2.00 bits per heavy atom. The Hall–Kier alpha value is -1.17. The van der Waals surface area contributed by atoms with Gasteiger partial charge in [0.25, 0.3) is 0 Å². The van der Waals surface area contributed by atoms with Crippen molar-refractivity contribution in [2.45, 2.75) is 25.7 Å². The van der Waals surface area contributed by atoms with Crippen LogP contribution in [0.3, 0.4) is 0 Å². The molecule has 0 unspecified atom stereocenters. The maximum absolute atomic E-state index is 13.0. The van der Waals surface area contributed by atoms with Crippen LogP contribution in [0.2, 0.25) is 5.02 Å². The van der Waals surface area contributed by atoms with E-state index in [1.54, 1.807) is 12.1 Å². The summed E-state index contributed by atoms with van der Waals surface area (Å²) in [5.74, 6) is 1.77. The molecule has 1 saturated heterocycles. The number of rotatable bonds is 2. The van der Waals surface area contributed by atoms with Crippen molar-refractivity contribution in [1.29, 1.82) is 0 Å². The van der Waals surface area contributed by atoms with E-state index in [1.165, 1.54) is 6.42 Å². The number of amides is 1. The van der Waals surface area contributed by atoms with Gasteiger partial charge >= 0.3 is 0 Å². The fraction of sp³-hybridized carbons (Fsp3) is 0.588. The molecule has 24 heavy (non-hydrogen) atoms. The second kappa shape index (κ2) is 6.98. The molecule has 1 aromatic carbocycles. The molecule has 4 rings (SSSR count). The molecule has 3 aliphatic rings. The predicted octanol–water partition coefficient (Wildman–Crippen LogP) is 3.25. The summed E-state index contributed by atoms with van der Waals surface area (Å²) < 4.78 is 11.1. The Kier molecular flexibility index (Phi) is 5.13. The van der Waals surface area contributed by atoms with Gasteiger partial charge in [0.1, 0.15) is 13.2 Å². The van der Waals surface area contributed by atoms with E-state index in [2.05, 4.69) is 10.6 Å². The van der Waals surface area contributed by atoms with Gasteiger partial charge in [0, 0.05) is 18.7 Å². The van der Waals surface area contributed by atoms with Crippen LogP contribution >= 0.6 is 24.0 Å². The number of halogens is 2. The van der Waals surface area contributed by atoms with Crippen LogP contribution in [0.5, 0.6) is 11.5 Å². The monoisotopic (exact) mass is 372 g/mol. The number of anilines is 1. The molecule has 1 aromatic rings. The van der Waals surface area contributed by atoms with Crippen LogP contribution < -0.4 is 20.1 Å². The highest BCUT2D eigenvalue weighted by atomic mass is 35.5. The van der Waals surface area contributed by atoms with Crippen molar-refractivity contribution >= 4 is 35.6 Å². The number of benzene rings is 1. The topological polar surface area (TPSA) is 59.6 Å². The standard InChI is InChI=1S/C17H21ClN2O3.ClH/c18-12-7-14-15(23-6-5-22-14)8-13(12)20-16(21)17-4-2-1-3-11(17)9-19-10-17;/h7-8,11,19H,1-6,9-10H2,(H,20,21);1H/t11-,17+;/m0./s1. The number of carbonyl (C=O) groups excluding carboxylic acids is 1. The number of nitrogens with one attached hydrogen (secondary N) is 2. The van der Waals surface area contributed by atoms with Gasteiger partial charge in [-0.15, -0.1) is 12.4 Å². The average Bonchev–Trinajstić information content (AvgIpc) is 3.01. The molecule has 132 valence electrons. The summed E-state index contributed by atoms with van der Waals surface area (Å²) in [5, 5.41) is 6.93. The van der Waals surface area contributed by atoms with Crippen LogP contribution in [0.25, 0.3) is 0 Å². The number of hydrogen-bond acceptors (Lipinski definition) is 4. The third-order valence-electron chi connectivity index (χ3n) is 5.37. The maximum Gasteiger partial charge on any atom is 0.232 e. The summed E-state index contributed by atoms with van der Waals surface area (Å²) in [6.07, 6.45) is 4.39. The van der Waals surface area contributed by atoms with Crippen molar-refractivity contribution in [2.75, 3.05) is 31.6 Å². The molecule has 1 aliphatic carbocycles. The van der Waals surface area contributed by atoms with Gasteiger partial charge in [0.15, 0.2) is 11.5 Å². The minimum atomic E-state index is -0.297. The van der Waals surface area contributed by atoms with E-state index >= 15 is 0 Å². The van der Waals surface area contributed by atoms with Crippen molar-refractivity contribution in [3.8, 4) is 11.5 Å². The van der Waals surface area contributed by atoms with Gasteiger partial charge < -0.3 is 20.1 Å². The van der Waals surface area contributed by atoms with E-state index in [1.807, 2.05) is 0 Å². The van der Waals surface area contributed by atoms with Gasteiger partial charge in [0.05, 0.1) is 16.1 Å². The second-order valence-corrected chi connectivity index (χ2v) is 7.07. The molecule has 0 bridgehead atoms. The predicted molar refractivity (Wildman–Crippen MR) is 95.6 cm³/mol. The van der Waals surface area contributed by atoms with Gasteiger partial charge in [-0.05, 0) is 25.3 Å². The Balaban J connectivity index is 0.00000169. The summed E-state index contributed by atoms with van der Waals surface area (Å²) >= 11 is 6.32. The highest BCUT2D eigenvalue weighted by Crippen LogP contribution is 2.45. The van der Waals surface area contributed by atoms with Crippen LogP contribution in [-0.4, -0.2) is 32.2 Å². The summed E-state index contributed by atoms with van der Waals surface area (Å²) in [6.45, 7) is 2.72. The smallest absolute Gasteiger partial charge is 0.232 e. The summed E-state index contributed by atoms with van der Waals surface area (Å²) in [6, 6.07) is 3.49.